The Kier molecular flexibility index (Phi) is 4.98. The van der Waals surface area contributed by atoms with Gasteiger partial charge in [0.05, 0.1) is 12.4 Å². The minimum absolute atomic E-state index is 0.0413. The zero-order chi connectivity index (χ0) is 11.3. The highest BCUT2D eigenvalue weighted by Gasteiger charge is 2.26. The lowest BCUT2D eigenvalue weighted by Gasteiger charge is -2.32. The van der Waals surface area contributed by atoms with Crippen LogP contribution >= 0.6 is 0 Å². The quantitative estimate of drug-likeness (QED) is 0.594. The van der Waals surface area contributed by atoms with Gasteiger partial charge in [0.2, 0.25) is 10.0 Å². The first kappa shape index (κ1) is 12.9. The topological polar surface area (TPSA) is 81.4 Å². The van der Waals surface area contributed by atoms with E-state index in [2.05, 4.69) is 4.72 Å². The summed E-state index contributed by atoms with van der Waals surface area (Å²) in [6, 6.07) is 0.267. The summed E-state index contributed by atoms with van der Waals surface area (Å²) >= 11 is 0. The molecule has 1 saturated carbocycles. The van der Waals surface area contributed by atoms with E-state index in [0.29, 0.717) is 19.1 Å². The minimum atomic E-state index is -3.16. The van der Waals surface area contributed by atoms with E-state index in [1.54, 1.807) is 0 Å². The van der Waals surface area contributed by atoms with Crippen LogP contribution in [-0.4, -0.2) is 40.0 Å². The smallest absolute Gasteiger partial charge is 0.213 e. The van der Waals surface area contributed by atoms with Crippen molar-refractivity contribution < 1.29 is 13.2 Å². The number of nitrogens with one attached hydrogen (secondary N) is 1. The molecule has 0 aliphatic heterocycles. The van der Waals surface area contributed by atoms with Crippen LogP contribution in [0.5, 0.6) is 0 Å². The highest BCUT2D eigenvalue weighted by molar-refractivity contribution is 7.89. The van der Waals surface area contributed by atoms with Gasteiger partial charge in [0.1, 0.15) is 0 Å². The average molecular weight is 236 g/mol. The second kappa shape index (κ2) is 5.79. The van der Waals surface area contributed by atoms with Gasteiger partial charge in [-0.05, 0) is 25.7 Å². The summed E-state index contributed by atoms with van der Waals surface area (Å²) in [6.45, 7) is 3.17. The third-order valence-electron chi connectivity index (χ3n) is 2.56. The second-order valence-electron chi connectivity index (χ2n) is 3.96. The number of nitrogens with two attached hydrogens (primary N) is 1. The highest BCUT2D eigenvalue weighted by atomic mass is 32.2. The lowest BCUT2D eigenvalue weighted by Crippen LogP contribution is -2.43. The fourth-order valence-electron chi connectivity index (χ4n) is 1.58. The third kappa shape index (κ3) is 4.92. The van der Waals surface area contributed by atoms with Crippen LogP contribution in [-0.2, 0) is 14.8 Å². The average Bonchev–Trinajstić information content (AvgIpc) is 2.11. The van der Waals surface area contributed by atoms with Gasteiger partial charge in [-0.25, -0.2) is 13.1 Å². The van der Waals surface area contributed by atoms with Gasteiger partial charge in [0.25, 0.3) is 0 Å². The van der Waals surface area contributed by atoms with E-state index in [1.165, 1.54) is 0 Å². The van der Waals surface area contributed by atoms with Crippen molar-refractivity contribution in [1.29, 1.82) is 0 Å². The maximum Gasteiger partial charge on any atom is 0.213 e. The molecule has 15 heavy (non-hydrogen) atoms. The molecule has 0 spiro atoms. The third-order valence-corrected chi connectivity index (χ3v) is 3.88. The van der Waals surface area contributed by atoms with Gasteiger partial charge in [0.15, 0.2) is 0 Å². The SMILES string of the molecule is CCOCCS(=O)(=O)NCC1CC(N)C1. The largest absolute Gasteiger partial charge is 0.381 e. The van der Waals surface area contributed by atoms with Crippen molar-refractivity contribution in [3.63, 3.8) is 0 Å². The van der Waals surface area contributed by atoms with Crippen LogP contribution in [0, 0.1) is 5.92 Å². The molecule has 0 amide bonds. The van der Waals surface area contributed by atoms with Gasteiger partial charge >= 0.3 is 0 Å². The molecule has 1 aliphatic rings. The Morgan fingerprint density at radius 1 is 1.47 bits per heavy atom. The molecule has 0 heterocycles. The van der Waals surface area contributed by atoms with Gasteiger partial charge in [-0.15, -0.1) is 0 Å². The molecule has 5 nitrogen and oxygen atoms in total. The predicted octanol–water partition coefficient (Wildman–Crippen LogP) is -0.320. The van der Waals surface area contributed by atoms with E-state index in [-0.39, 0.29) is 18.4 Å². The summed E-state index contributed by atoms with van der Waals surface area (Å²) < 4.78 is 30.4. The van der Waals surface area contributed by atoms with E-state index in [9.17, 15) is 8.42 Å². The van der Waals surface area contributed by atoms with Crippen molar-refractivity contribution >= 4 is 10.0 Å². The van der Waals surface area contributed by atoms with Crippen molar-refractivity contribution in [2.24, 2.45) is 11.7 Å². The Bertz CT molecular complexity index is 273. The molecule has 0 saturated heterocycles. The van der Waals surface area contributed by atoms with Gasteiger partial charge in [-0.2, -0.15) is 0 Å². The summed E-state index contributed by atoms with van der Waals surface area (Å²) in [5, 5.41) is 0. The predicted molar refractivity (Wildman–Crippen MR) is 59.0 cm³/mol. The molecule has 0 unspecified atom stereocenters. The number of hydrogen-bond acceptors (Lipinski definition) is 4. The van der Waals surface area contributed by atoms with Crippen LogP contribution in [0.1, 0.15) is 19.8 Å². The summed E-state index contributed by atoms with van der Waals surface area (Å²) in [5.41, 5.74) is 5.61. The zero-order valence-electron chi connectivity index (χ0n) is 9.11. The summed E-state index contributed by atoms with van der Waals surface area (Å²) in [6.07, 6.45) is 1.85. The van der Waals surface area contributed by atoms with Crippen molar-refractivity contribution in [2.45, 2.75) is 25.8 Å². The molecule has 0 atom stereocenters. The highest BCUT2D eigenvalue weighted by Crippen LogP contribution is 2.24. The van der Waals surface area contributed by atoms with Crippen LogP contribution in [0.25, 0.3) is 0 Å². The normalized spacial score (nSPS) is 26.3. The fraction of sp³-hybridized carbons (Fsp3) is 1.00. The Labute approximate surface area is 91.4 Å². The molecule has 0 aromatic carbocycles. The molecule has 1 fully saturated rings. The number of hydrogen-bond donors (Lipinski definition) is 2. The number of ether oxygens (including phenoxy) is 1. The number of sulfonamides is 1. The van der Waals surface area contributed by atoms with Crippen LogP contribution in [0.15, 0.2) is 0 Å². The van der Waals surface area contributed by atoms with E-state index in [4.69, 9.17) is 10.5 Å². The lowest BCUT2D eigenvalue weighted by atomic mass is 9.81. The molecule has 3 N–H and O–H groups in total. The summed E-state index contributed by atoms with van der Waals surface area (Å²) in [4.78, 5) is 0. The first-order valence-electron chi connectivity index (χ1n) is 5.34. The fourth-order valence-corrected chi connectivity index (χ4v) is 2.56. The van der Waals surface area contributed by atoms with Crippen LogP contribution in [0.3, 0.4) is 0 Å². The summed E-state index contributed by atoms with van der Waals surface area (Å²) in [7, 11) is -3.16. The van der Waals surface area contributed by atoms with Gasteiger partial charge in [-0.1, -0.05) is 0 Å². The van der Waals surface area contributed by atoms with Crippen molar-refractivity contribution in [2.75, 3.05) is 25.5 Å². The molecular formula is C9H20N2O3S. The number of rotatable bonds is 7. The lowest BCUT2D eigenvalue weighted by molar-refractivity contribution is 0.163. The zero-order valence-corrected chi connectivity index (χ0v) is 9.92. The maximum atomic E-state index is 11.4. The Balaban J connectivity index is 2.13. The molecule has 90 valence electrons. The second-order valence-corrected chi connectivity index (χ2v) is 5.89. The molecule has 0 bridgehead atoms. The molecule has 0 aromatic heterocycles. The van der Waals surface area contributed by atoms with Gasteiger partial charge < -0.3 is 10.5 Å². The molecule has 1 rings (SSSR count). The van der Waals surface area contributed by atoms with Crippen LogP contribution in [0.2, 0.25) is 0 Å². The molecule has 0 radical (unpaired) electrons. The van der Waals surface area contributed by atoms with E-state index < -0.39 is 10.0 Å². The van der Waals surface area contributed by atoms with Crippen molar-refractivity contribution in [3.8, 4) is 0 Å². The van der Waals surface area contributed by atoms with Crippen LogP contribution < -0.4 is 10.5 Å². The van der Waals surface area contributed by atoms with Gasteiger partial charge in [0, 0.05) is 19.2 Å². The van der Waals surface area contributed by atoms with E-state index in [1.807, 2.05) is 6.92 Å². The van der Waals surface area contributed by atoms with Crippen molar-refractivity contribution in [1.82, 2.24) is 4.72 Å². The Hall–Kier alpha value is -0.170. The molecule has 1 aliphatic carbocycles. The monoisotopic (exact) mass is 236 g/mol. The minimum Gasteiger partial charge on any atom is -0.381 e. The first-order chi connectivity index (χ1) is 7.03. The molecular weight excluding hydrogens is 216 g/mol. The van der Waals surface area contributed by atoms with E-state index in [0.717, 1.165) is 12.8 Å². The van der Waals surface area contributed by atoms with E-state index >= 15 is 0 Å². The molecule has 0 aromatic rings. The summed E-state index contributed by atoms with van der Waals surface area (Å²) in [5.74, 6) is 0.460. The maximum absolute atomic E-state index is 11.4. The van der Waals surface area contributed by atoms with Crippen LogP contribution in [0.4, 0.5) is 0 Å². The standard InChI is InChI=1S/C9H20N2O3S/c1-2-14-3-4-15(12,13)11-7-8-5-9(10)6-8/h8-9,11H,2-7,10H2,1H3. The Morgan fingerprint density at radius 2 is 2.13 bits per heavy atom. The Morgan fingerprint density at radius 3 is 2.67 bits per heavy atom. The van der Waals surface area contributed by atoms with Gasteiger partial charge in [-0.3, -0.25) is 0 Å². The molecule has 6 heteroatoms. The first-order valence-corrected chi connectivity index (χ1v) is 6.99. The van der Waals surface area contributed by atoms with Crippen molar-refractivity contribution in [3.05, 3.63) is 0 Å².